The third kappa shape index (κ3) is 1.48. The monoisotopic (exact) mass is 202 g/mol. The standard InChI is InChI=1S/C11H14N4/c1-7(2)15-6-14-9-5-3-4-8(10(9)15)11(12)13/h3-7H,1-2H3,(H3,12,13). The van der Waals surface area contributed by atoms with Gasteiger partial charge in [-0.25, -0.2) is 4.98 Å². The summed E-state index contributed by atoms with van der Waals surface area (Å²) < 4.78 is 2.03. The molecule has 2 aromatic rings. The van der Waals surface area contributed by atoms with Crippen LogP contribution >= 0.6 is 0 Å². The van der Waals surface area contributed by atoms with Gasteiger partial charge in [0.05, 0.1) is 17.4 Å². The van der Waals surface area contributed by atoms with E-state index in [1.165, 1.54) is 0 Å². The van der Waals surface area contributed by atoms with Gasteiger partial charge in [-0.1, -0.05) is 6.07 Å². The molecule has 4 heteroatoms. The Morgan fingerprint density at radius 2 is 2.20 bits per heavy atom. The minimum atomic E-state index is 0.0861. The molecule has 0 radical (unpaired) electrons. The number of amidine groups is 1. The topological polar surface area (TPSA) is 67.7 Å². The zero-order valence-corrected chi connectivity index (χ0v) is 8.86. The molecule has 4 nitrogen and oxygen atoms in total. The van der Waals surface area contributed by atoms with E-state index in [2.05, 4.69) is 18.8 Å². The number of rotatable bonds is 2. The van der Waals surface area contributed by atoms with E-state index in [1.807, 2.05) is 22.8 Å². The minimum Gasteiger partial charge on any atom is -0.384 e. The molecule has 78 valence electrons. The highest BCUT2D eigenvalue weighted by Gasteiger charge is 2.11. The summed E-state index contributed by atoms with van der Waals surface area (Å²) in [4.78, 5) is 4.29. The van der Waals surface area contributed by atoms with Crippen molar-refractivity contribution >= 4 is 16.9 Å². The Hall–Kier alpha value is -1.84. The maximum absolute atomic E-state index is 7.53. The third-order valence-electron chi connectivity index (χ3n) is 2.44. The quantitative estimate of drug-likeness (QED) is 0.577. The number of nitrogens with two attached hydrogens (primary N) is 1. The summed E-state index contributed by atoms with van der Waals surface area (Å²) in [5, 5.41) is 7.53. The van der Waals surface area contributed by atoms with Crippen LogP contribution in [0, 0.1) is 5.41 Å². The van der Waals surface area contributed by atoms with Crippen molar-refractivity contribution in [3.05, 3.63) is 30.1 Å². The molecule has 0 aliphatic rings. The van der Waals surface area contributed by atoms with Crippen molar-refractivity contribution < 1.29 is 0 Å². The lowest BCUT2D eigenvalue weighted by Crippen LogP contribution is -2.13. The van der Waals surface area contributed by atoms with E-state index in [4.69, 9.17) is 11.1 Å². The average Bonchev–Trinajstić information content (AvgIpc) is 2.60. The number of nitrogens with zero attached hydrogens (tertiary/aromatic N) is 2. The number of benzene rings is 1. The van der Waals surface area contributed by atoms with Crippen LogP contribution in [0.4, 0.5) is 0 Å². The van der Waals surface area contributed by atoms with E-state index in [0.29, 0.717) is 6.04 Å². The summed E-state index contributed by atoms with van der Waals surface area (Å²) in [7, 11) is 0. The maximum atomic E-state index is 7.53. The number of aromatic nitrogens is 2. The molecular formula is C11H14N4. The van der Waals surface area contributed by atoms with Gasteiger partial charge in [0.2, 0.25) is 0 Å². The molecule has 2 rings (SSSR count). The van der Waals surface area contributed by atoms with Crippen LogP contribution in [0.2, 0.25) is 0 Å². The van der Waals surface area contributed by atoms with E-state index < -0.39 is 0 Å². The Labute approximate surface area is 88.2 Å². The van der Waals surface area contributed by atoms with Crippen LogP contribution in [0.15, 0.2) is 24.5 Å². The predicted octanol–water partition coefficient (Wildman–Crippen LogP) is 1.90. The fourth-order valence-corrected chi connectivity index (χ4v) is 1.70. The molecule has 0 saturated heterocycles. The molecule has 0 atom stereocenters. The maximum Gasteiger partial charge on any atom is 0.124 e. The Morgan fingerprint density at radius 1 is 1.47 bits per heavy atom. The van der Waals surface area contributed by atoms with E-state index in [9.17, 15) is 0 Å². The first kappa shape index (κ1) is 9.71. The van der Waals surface area contributed by atoms with Crippen LogP contribution in [0.1, 0.15) is 25.5 Å². The summed E-state index contributed by atoms with van der Waals surface area (Å²) in [5.41, 5.74) is 8.13. The van der Waals surface area contributed by atoms with Gasteiger partial charge in [0, 0.05) is 11.6 Å². The molecule has 3 N–H and O–H groups in total. The zero-order chi connectivity index (χ0) is 11.0. The number of para-hydroxylation sites is 1. The molecule has 1 aromatic heterocycles. The average molecular weight is 202 g/mol. The third-order valence-corrected chi connectivity index (χ3v) is 2.44. The molecule has 1 aromatic carbocycles. The van der Waals surface area contributed by atoms with E-state index >= 15 is 0 Å². The Bertz CT molecular complexity index is 510. The summed E-state index contributed by atoms with van der Waals surface area (Å²) in [6, 6.07) is 5.97. The van der Waals surface area contributed by atoms with Gasteiger partial charge in [0.15, 0.2) is 0 Å². The Morgan fingerprint density at radius 3 is 2.80 bits per heavy atom. The van der Waals surface area contributed by atoms with Crippen LogP contribution in [0.5, 0.6) is 0 Å². The first-order valence-corrected chi connectivity index (χ1v) is 4.91. The van der Waals surface area contributed by atoms with E-state index in [-0.39, 0.29) is 5.84 Å². The lowest BCUT2D eigenvalue weighted by Gasteiger charge is -2.10. The molecule has 0 unspecified atom stereocenters. The van der Waals surface area contributed by atoms with Crippen LogP contribution in [-0.2, 0) is 0 Å². The predicted molar refractivity (Wildman–Crippen MR) is 61.1 cm³/mol. The number of fused-ring (bicyclic) bond motifs is 1. The van der Waals surface area contributed by atoms with Crippen LogP contribution in [0.25, 0.3) is 11.0 Å². The van der Waals surface area contributed by atoms with Crippen molar-refractivity contribution in [2.24, 2.45) is 5.73 Å². The molecule has 0 amide bonds. The highest BCUT2D eigenvalue weighted by molar-refractivity contribution is 6.05. The first-order chi connectivity index (χ1) is 7.11. The molecular weight excluding hydrogens is 188 g/mol. The van der Waals surface area contributed by atoms with Gasteiger partial charge in [-0.2, -0.15) is 0 Å². The largest absolute Gasteiger partial charge is 0.384 e. The summed E-state index contributed by atoms with van der Waals surface area (Å²) in [6.45, 7) is 4.16. The molecule has 0 fully saturated rings. The number of hydrogen-bond acceptors (Lipinski definition) is 2. The molecule has 1 heterocycles. The van der Waals surface area contributed by atoms with Crippen LogP contribution in [0.3, 0.4) is 0 Å². The second-order valence-corrected chi connectivity index (χ2v) is 3.83. The van der Waals surface area contributed by atoms with Gasteiger partial charge in [-0.3, -0.25) is 5.41 Å². The molecule has 0 aliphatic carbocycles. The lowest BCUT2D eigenvalue weighted by molar-refractivity contribution is 0.617. The van der Waals surface area contributed by atoms with Gasteiger partial charge in [0.1, 0.15) is 5.84 Å². The van der Waals surface area contributed by atoms with Gasteiger partial charge >= 0.3 is 0 Å². The van der Waals surface area contributed by atoms with Gasteiger partial charge in [-0.05, 0) is 26.0 Å². The molecule has 0 spiro atoms. The molecule has 15 heavy (non-hydrogen) atoms. The molecule has 0 aliphatic heterocycles. The summed E-state index contributed by atoms with van der Waals surface area (Å²) in [5.74, 6) is 0.0861. The van der Waals surface area contributed by atoms with Crippen LogP contribution in [-0.4, -0.2) is 15.4 Å². The number of hydrogen-bond donors (Lipinski definition) is 2. The highest BCUT2D eigenvalue weighted by Crippen LogP contribution is 2.20. The second kappa shape index (κ2) is 3.38. The van der Waals surface area contributed by atoms with E-state index in [1.54, 1.807) is 6.33 Å². The van der Waals surface area contributed by atoms with Crippen molar-refractivity contribution in [2.75, 3.05) is 0 Å². The first-order valence-electron chi connectivity index (χ1n) is 4.91. The van der Waals surface area contributed by atoms with Gasteiger partial charge in [0.25, 0.3) is 0 Å². The van der Waals surface area contributed by atoms with Crippen LogP contribution < -0.4 is 5.73 Å². The summed E-state index contributed by atoms with van der Waals surface area (Å²) in [6.07, 6.45) is 1.79. The molecule has 0 bridgehead atoms. The number of imidazole rings is 1. The smallest absolute Gasteiger partial charge is 0.124 e. The fraction of sp³-hybridized carbons (Fsp3) is 0.273. The fourth-order valence-electron chi connectivity index (χ4n) is 1.70. The van der Waals surface area contributed by atoms with E-state index in [0.717, 1.165) is 16.6 Å². The van der Waals surface area contributed by atoms with Crippen molar-refractivity contribution in [3.8, 4) is 0 Å². The van der Waals surface area contributed by atoms with Crippen molar-refractivity contribution in [3.63, 3.8) is 0 Å². The number of nitrogens with one attached hydrogen (secondary N) is 1. The van der Waals surface area contributed by atoms with Crippen molar-refractivity contribution in [1.82, 2.24) is 9.55 Å². The SMILES string of the molecule is CC(C)n1cnc2cccc(C(=N)N)c21. The second-order valence-electron chi connectivity index (χ2n) is 3.83. The summed E-state index contributed by atoms with van der Waals surface area (Å²) >= 11 is 0. The highest BCUT2D eigenvalue weighted by atomic mass is 15.1. The normalized spacial score (nSPS) is 11.1. The Kier molecular flexibility index (Phi) is 2.19. The number of nitrogen functional groups attached to an aromatic ring is 1. The Balaban J connectivity index is 2.80. The lowest BCUT2D eigenvalue weighted by atomic mass is 10.1. The van der Waals surface area contributed by atoms with Gasteiger partial charge < -0.3 is 10.3 Å². The zero-order valence-electron chi connectivity index (χ0n) is 8.86. The molecule has 0 saturated carbocycles. The van der Waals surface area contributed by atoms with Crippen molar-refractivity contribution in [2.45, 2.75) is 19.9 Å². The minimum absolute atomic E-state index is 0.0861. The van der Waals surface area contributed by atoms with Gasteiger partial charge in [-0.15, -0.1) is 0 Å². The van der Waals surface area contributed by atoms with Crippen molar-refractivity contribution in [1.29, 1.82) is 5.41 Å².